The van der Waals surface area contributed by atoms with Crippen molar-refractivity contribution in [2.24, 2.45) is 10.4 Å². The molecule has 1 aromatic rings. The van der Waals surface area contributed by atoms with Crippen LogP contribution in [0.4, 0.5) is 0 Å². The van der Waals surface area contributed by atoms with Crippen molar-refractivity contribution in [3.05, 3.63) is 12.2 Å². The summed E-state index contributed by atoms with van der Waals surface area (Å²) in [7, 11) is 0. The first-order valence-electron chi connectivity index (χ1n) is 7.68. The second-order valence-electron chi connectivity index (χ2n) is 6.24. The minimum Gasteiger partial charge on any atom is -0.380 e. The standard InChI is InChI=1S/C14H24N6O/c1-3-15-13(16-7-14(2)8-21-9-14)19-11-4-5-12-17-10-18-20(12)6-11/h10-11H,3-9H2,1-2H3,(H2,15,16,19). The maximum Gasteiger partial charge on any atom is 0.191 e. The quantitative estimate of drug-likeness (QED) is 0.612. The van der Waals surface area contributed by atoms with Gasteiger partial charge in [-0.15, -0.1) is 0 Å². The van der Waals surface area contributed by atoms with Crippen molar-refractivity contribution in [2.75, 3.05) is 26.3 Å². The van der Waals surface area contributed by atoms with Crippen molar-refractivity contribution in [3.8, 4) is 0 Å². The van der Waals surface area contributed by atoms with Crippen LogP contribution < -0.4 is 10.6 Å². The average Bonchev–Trinajstić information content (AvgIpc) is 2.90. The molecule has 0 aromatic carbocycles. The van der Waals surface area contributed by atoms with Gasteiger partial charge in [-0.1, -0.05) is 6.92 Å². The van der Waals surface area contributed by atoms with Crippen molar-refractivity contribution in [3.63, 3.8) is 0 Å². The molecule has 2 aliphatic heterocycles. The Morgan fingerprint density at radius 2 is 2.43 bits per heavy atom. The van der Waals surface area contributed by atoms with Crippen molar-refractivity contribution in [2.45, 2.75) is 39.3 Å². The monoisotopic (exact) mass is 292 g/mol. The summed E-state index contributed by atoms with van der Waals surface area (Å²) in [5.74, 6) is 1.97. The van der Waals surface area contributed by atoms with E-state index in [-0.39, 0.29) is 5.41 Å². The van der Waals surface area contributed by atoms with Gasteiger partial charge in [-0.05, 0) is 13.3 Å². The van der Waals surface area contributed by atoms with E-state index >= 15 is 0 Å². The molecule has 0 radical (unpaired) electrons. The normalized spacial score (nSPS) is 24.1. The molecule has 0 amide bonds. The van der Waals surface area contributed by atoms with Gasteiger partial charge in [-0.3, -0.25) is 4.99 Å². The van der Waals surface area contributed by atoms with Crippen LogP contribution in [0.3, 0.4) is 0 Å². The molecule has 116 valence electrons. The van der Waals surface area contributed by atoms with Crippen LogP contribution in [-0.4, -0.2) is 53.1 Å². The van der Waals surface area contributed by atoms with Gasteiger partial charge < -0.3 is 15.4 Å². The molecule has 1 fully saturated rings. The summed E-state index contributed by atoms with van der Waals surface area (Å²) in [4.78, 5) is 8.97. The molecule has 7 nitrogen and oxygen atoms in total. The van der Waals surface area contributed by atoms with Gasteiger partial charge in [0.25, 0.3) is 0 Å². The number of aliphatic imine (C=N–C) groups is 1. The summed E-state index contributed by atoms with van der Waals surface area (Å²) in [6, 6.07) is 0.349. The fraction of sp³-hybridized carbons (Fsp3) is 0.786. The lowest BCUT2D eigenvalue weighted by Crippen LogP contribution is -2.48. The molecule has 3 rings (SSSR count). The molecule has 1 aromatic heterocycles. The van der Waals surface area contributed by atoms with E-state index in [0.29, 0.717) is 6.04 Å². The summed E-state index contributed by atoms with van der Waals surface area (Å²) in [6.45, 7) is 8.42. The molecule has 0 saturated carbocycles. The zero-order valence-corrected chi connectivity index (χ0v) is 12.8. The number of ether oxygens (including phenoxy) is 1. The van der Waals surface area contributed by atoms with Crippen LogP contribution in [0.5, 0.6) is 0 Å². The summed E-state index contributed by atoms with van der Waals surface area (Å²) in [6.07, 6.45) is 3.65. The van der Waals surface area contributed by atoms with Crippen molar-refractivity contribution >= 4 is 5.96 Å². The molecular weight excluding hydrogens is 268 g/mol. The van der Waals surface area contributed by atoms with Crippen LogP contribution in [0.15, 0.2) is 11.3 Å². The second-order valence-corrected chi connectivity index (χ2v) is 6.24. The smallest absolute Gasteiger partial charge is 0.191 e. The van der Waals surface area contributed by atoms with Gasteiger partial charge in [0.15, 0.2) is 5.96 Å². The maximum absolute atomic E-state index is 5.28. The predicted molar refractivity (Wildman–Crippen MR) is 80.2 cm³/mol. The Labute approximate surface area is 125 Å². The number of aryl methyl sites for hydroxylation is 1. The van der Waals surface area contributed by atoms with Crippen molar-refractivity contribution < 1.29 is 4.74 Å². The van der Waals surface area contributed by atoms with Crippen LogP contribution in [0.2, 0.25) is 0 Å². The Morgan fingerprint density at radius 1 is 1.57 bits per heavy atom. The van der Waals surface area contributed by atoms with Gasteiger partial charge in [0.05, 0.1) is 26.3 Å². The summed E-state index contributed by atoms with van der Waals surface area (Å²) < 4.78 is 7.26. The minimum absolute atomic E-state index is 0.202. The molecule has 1 saturated heterocycles. The van der Waals surface area contributed by atoms with E-state index in [1.807, 2.05) is 4.68 Å². The zero-order valence-electron chi connectivity index (χ0n) is 12.8. The third-order valence-electron chi connectivity index (χ3n) is 4.01. The highest BCUT2D eigenvalue weighted by molar-refractivity contribution is 5.80. The van der Waals surface area contributed by atoms with E-state index in [4.69, 9.17) is 9.73 Å². The second kappa shape index (κ2) is 6.01. The minimum atomic E-state index is 0.202. The van der Waals surface area contributed by atoms with Gasteiger partial charge in [-0.2, -0.15) is 5.10 Å². The van der Waals surface area contributed by atoms with Crippen LogP contribution in [0.25, 0.3) is 0 Å². The number of hydrogen-bond donors (Lipinski definition) is 2. The van der Waals surface area contributed by atoms with Gasteiger partial charge in [0.1, 0.15) is 12.2 Å². The Balaban J connectivity index is 1.58. The van der Waals surface area contributed by atoms with E-state index in [1.54, 1.807) is 6.33 Å². The molecule has 1 unspecified atom stereocenters. The van der Waals surface area contributed by atoms with Crippen LogP contribution in [0.1, 0.15) is 26.1 Å². The number of aromatic nitrogens is 3. The summed E-state index contributed by atoms with van der Waals surface area (Å²) in [5.41, 5.74) is 0.202. The van der Waals surface area contributed by atoms with E-state index in [9.17, 15) is 0 Å². The Hall–Kier alpha value is -1.63. The number of fused-ring (bicyclic) bond motifs is 1. The molecular formula is C14H24N6O. The number of hydrogen-bond acceptors (Lipinski definition) is 4. The van der Waals surface area contributed by atoms with Crippen LogP contribution in [-0.2, 0) is 17.7 Å². The Morgan fingerprint density at radius 3 is 3.14 bits per heavy atom. The fourth-order valence-corrected chi connectivity index (χ4v) is 2.68. The lowest BCUT2D eigenvalue weighted by molar-refractivity contribution is -0.0945. The highest BCUT2D eigenvalue weighted by atomic mass is 16.5. The number of nitrogens with one attached hydrogen (secondary N) is 2. The van der Waals surface area contributed by atoms with Gasteiger partial charge >= 0.3 is 0 Å². The molecule has 1 atom stereocenters. The zero-order chi connectivity index (χ0) is 14.7. The lowest BCUT2D eigenvalue weighted by atomic mass is 9.89. The van der Waals surface area contributed by atoms with E-state index in [1.165, 1.54) is 0 Å². The largest absolute Gasteiger partial charge is 0.380 e. The van der Waals surface area contributed by atoms with Crippen molar-refractivity contribution in [1.29, 1.82) is 0 Å². The first-order chi connectivity index (χ1) is 10.2. The summed E-state index contributed by atoms with van der Waals surface area (Å²) >= 11 is 0. The van der Waals surface area contributed by atoms with Crippen LogP contribution >= 0.6 is 0 Å². The topological polar surface area (TPSA) is 76.4 Å². The third kappa shape index (κ3) is 3.34. The first-order valence-corrected chi connectivity index (χ1v) is 7.68. The molecule has 2 aliphatic rings. The Bertz CT molecular complexity index is 507. The third-order valence-corrected chi connectivity index (χ3v) is 4.01. The fourth-order valence-electron chi connectivity index (χ4n) is 2.68. The highest BCUT2D eigenvalue weighted by Gasteiger charge is 2.33. The van der Waals surface area contributed by atoms with Gasteiger partial charge in [-0.25, -0.2) is 9.67 Å². The molecule has 7 heteroatoms. The molecule has 0 aliphatic carbocycles. The average molecular weight is 292 g/mol. The SMILES string of the molecule is CCNC(=NCC1(C)COC1)NC1CCc2ncnn2C1. The first kappa shape index (κ1) is 14.3. The molecule has 21 heavy (non-hydrogen) atoms. The number of rotatable bonds is 4. The lowest BCUT2D eigenvalue weighted by Gasteiger charge is -2.36. The highest BCUT2D eigenvalue weighted by Crippen LogP contribution is 2.26. The summed E-state index contributed by atoms with van der Waals surface area (Å²) in [5, 5.41) is 11.1. The Kier molecular flexibility index (Phi) is 4.10. The van der Waals surface area contributed by atoms with E-state index in [0.717, 1.165) is 57.5 Å². The van der Waals surface area contributed by atoms with Crippen LogP contribution in [0, 0.1) is 5.41 Å². The molecule has 3 heterocycles. The molecule has 2 N–H and O–H groups in total. The predicted octanol–water partition coefficient (Wildman–Crippen LogP) is 0.185. The van der Waals surface area contributed by atoms with Gasteiger partial charge in [0.2, 0.25) is 0 Å². The number of guanidine groups is 1. The molecule has 0 spiro atoms. The molecule has 0 bridgehead atoms. The number of nitrogens with zero attached hydrogens (tertiary/aromatic N) is 4. The van der Waals surface area contributed by atoms with Crippen molar-refractivity contribution in [1.82, 2.24) is 25.4 Å². The van der Waals surface area contributed by atoms with E-state index < -0.39 is 0 Å². The maximum atomic E-state index is 5.28. The van der Waals surface area contributed by atoms with Gasteiger partial charge in [0, 0.05) is 24.4 Å². The van der Waals surface area contributed by atoms with E-state index in [2.05, 4.69) is 34.6 Å².